The summed E-state index contributed by atoms with van der Waals surface area (Å²) in [4.78, 5) is 4.10. The summed E-state index contributed by atoms with van der Waals surface area (Å²) in [6, 6.07) is 8.67. The summed E-state index contributed by atoms with van der Waals surface area (Å²) < 4.78 is 32.6. The van der Waals surface area contributed by atoms with Gasteiger partial charge >= 0.3 is 0 Å². The molecule has 0 saturated heterocycles. The van der Waals surface area contributed by atoms with Crippen molar-refractivity contribution in [2.24, 2.45) is 0 Å². The first-order valence-electron chi connectivity index (χ1n) is 5.79. The molecule has 0 radical (unpaired) electrons. The third-order valence-corrected chi connectivity index (χ3v) is 2.84. The Bertz CT molecular complexity index is 736. The lowest BCUT2D eigenvalue weighted by Gasteiger charge is -2.04. The fourth-order valence-electron chi connectivity index (χ4n) is 1.96. The van der Waals surface area contributed by atoms with Gasteiger partial charge in [-0.15, -0.1) is 0 Å². The van der Waals surface area contributed by atoms with E-state index in [1.165, 1.54) is 6.07 Å². The number of nitrogens with zero attached hydrogens (tertiary/aromatic N) is 2. The molecule has 1 aromatic carbocycles. The van der Waals surface area contributed by atoms with Gasteiger partial charge in [0.25, 0.3) is 0 Å². The van der Waals surface area contributed by atoms with Gasteiger partial charge in [0.05, 0.1) is 16.8 Å². The Morgan fingerprint density at radius 1 is 0.950 bits per heavy atom. The smallest absolute Gasteiger partial charge is 0.232 e. The predicted octanol–water partition coefficient (Wildman–Crippen LogP) is 3.26. The Labute approximate surface area is 112 Å². The maximum absolute atomic E-state index is 13.9. The molecule has 0 bridgehead atoms. The number of pyridine rings is 1. The lowest BCUT2D eigenvalue weighted by molar-refractivity contribution is 0.438. The van der Waals surface area contributed by atoms with Crippen molar-refractivity contribution in [2.45, 2.75) is 0 Å². The Kier molecular flexibility index (Phi) is 2.90. The molecular weight excluding hydrogens is 264 g/mol. The molecule has 0 atom stereocenters. The standard InChI is InChI=1S/C14H9F2N3O/c15-8-4-3-5-9(16)11(8)13-12(14(17)20-19-13)10-6-1-2-7-18-10/h1-7H,17H2. The highest BCUT2D eigenvalue weighted by Crippen LogP contribution is 2.37. The summed E-state index contributed by atoms with van der Waals surface area (Å²) in [5.74, 6) is -1.52. The van der Waals surface area contributed by atoms with Crippen LogP contribution in [-0.4, -0.2) is 10.1 Å². The average Bonchev–Trinajstić information content (AvgIpc) is 2.81. The number of hydrogen-bond acceptors (Lipinski definition) is 4. The number of halogens is 2. The number of nitrogens with two attached hydrogens (primary N) is 1. The van der Waals surface area contributed by atoms with E-state index in [1.54, 1.807) is 24.4 Å². The lowest BCUT2D eigenvalue weighted by Crippen LogP contribution is -1.94. The minimum atomic E-state index is -0.740. The molecule has 3 rings (SSSR count). The van der Waals surface area contributed by atoms with Crippen LogP contribution < -0.4 is 5.73 Å². The molecular formula is C14H9F2N3O. The van der Waals surface area contributed by atoms with Crippen LogP contribution >= 0.6 is 0 Å². The van der Waals surface area contributed by atoms with E-state index in [9.17, 15) is 8.78 Å². The molecule has 0 unspecified atom stereocenters. The van der Waals surface area contributed by atoms with E-state index in [1.807, 2.05) is 0 Å². The Morgan fingerprint density at radius 2 is 1.70 bits per heavy atom. The Hall–Kier alpha value is -2.76. The molecule has 2 heterocycles. The average molecular weight is 273 g/mol. The minimum absolute atomic E-state index is 0.00296. The zero-order chi connectivity index (χ0) is 14.1. The molecule has 0 aliphatic rings. The molecule has 0 amide bonds. The minimum Gasteiger partial charge on any atom is -0.367 e. The molecule has 0 fully saturated rings. The van der Waals surface area contributed by atoms with Crippen LogP contribution in [0, 0.1) is 11.6 Å². The highest BCUT2D eigenvalue weighted by molar-refractivity contribution is 5.85. The first-order chi connectivity index (χ1) is 9.68. The van der Waals surface area contributed by atoms with E-state index in [2.05, 4.69) is 10.1 Å². The van der Waals surface area contributed by atoms with Crippen molar-refractivity contribution in [1.29, 1.82) is 0 Å². The molecule has 0 spiro atoms. The molecule has 0 saturated carbocycles. The van der Waals surface area contributed by atoms with Crippen LogP contribution in [-0.2, 0) is 0 Å². The second kappa shape index (κ2) is 4.73. The number of nitrogen functional groups attached to an aromatic ring is 1. The predicted molar refractivity (Wildman–Crippen MR) is 69.5 cm³/mol. The first-order valence-corrected chi connectivity index (χ1v) is 5.79. The van der Waals surface area contributed by atoms with Crippen molar-refractivity contribution >= 4 is 5.88 Å². The van der Waals surface area contributed by atoms with Gasteiger partial charge in [0.15, 0.2) is 0 Å². The third kappa shape index (κ3) is 1.91. The molecule has 100 valence electrons. The normalized spacial score (nSPS) is 10.7. The second-order valence-electron chi connectivity index (χ2n) is 4.08. The lowest BCUT2D eigenvalue weighted by atomic mass is 10.0. The molecule has 20 heavy (non-hydrogen) atoms. The molecule has 4 nitrogen and oxygen atoms in total. The number of rotatable bonds is 2. The number of aromatic nitrogens is 2. The monoisotopic (exact) mass is 273 g/mol. The second-order valence-corrected chi connectivity index (χ2v) is 4.08. The number of anilines is 1. The first kappa shape index (κ1) is 12.3. The van der Waals surface area contributed by atoms with Gasteiger partial charge in [-0.3, -0.25) is 4.98 Å². The maximum Gasteiger partial charge on any atom is 0.232 e. The van der Waals surface area contributed by atoms with Crippen LogP contribution in [0.3, 0.4) is 0 Å². The zero-order valence-electron chi connectivity index (χ0n) is 10.2. The van der Waals surface area contributed by atoms with Crippen LogP contribution in [0.2, 0.25) is 0 Å². The highest BCUT2D eigenvalue weighted by atomic mass is 19.1. The fraction of sp³-hybridized carbons (Fsp3) is 0. The van der Waals surface area contributed by atoms with Gasteiger partial charge < -0.3 is 10.3 Å². The van der Waals surface area contributed by atoms with Crippen LogP contribution in [0.15, 0.2) is 47.1 Å². The third-order valence-electron chi connectivity index (χ3n) is 2.84. The fourth-order valence-corrected chi connectivity index (χ4v) is 1.96. The van der Waals surface area contributed by atoms with Gasteiger partial charge in [-0.1, -0.05) is 17.3 Å². The van der Waals surface area contributed by atoms with Crippen molar-refractivity contribution in [3.8, 4) is 22.5 Å². The Morgan fingerprint density at radius 3 is 2.35 bits per heavy atom. The molecule has 2 N–H and O–H groups in total. The molecule has 6 heteroatoms. The largest absolute Gasteiger partial charge is 0.367 e. The van der Waals surface area contributed by atoms with E-state index in [0.29, 0.717) is 5.69 Å². The Balaban J connectivity index is 2.27. The zero-order valence-corrected chi connectivity index (χ0v) is 10.2. The molecule has 0 aliphatic heterocycles. The summed E-state index contributed by atoms with van der Waals surface area (Å²) in [5, 5.41) is 3.66. The SMILES string of the molecule is Nc1onc(-c2c(F)cccc2F)c1-c1ccccn1. The van der Waals surface area contributed by atoms with Gasteiger partial charge in [-0.2, -0.15) is 0 Å². The van der Waals surface area contributed by atoms with Gasteiger partial charge in [-0.05, 0) is 24.3 Å². The summed E-state index contributed by atoms with van der Waals surface area (Å²) in [5.41, 5.74) is 6.12. The van der Waals surface area contributed by atoms with Crippen molar-refractivity contribution in [2.75, 3.05) is 5.73 Å². The van der Waals surface area contributed by atoms with Gasteiger partial charge in [-0.25, -0.2) is 8.78 Å². The van der Waals surface area contributed by atoms with E-state index in [-0.39, 0.29) is 22.7 Å². The van der Waals surface area contributed by atoms with Gasteiger partial charge in [0.1, 0.15) is 17.3 Å². The van der Waals surface area contributed by atoms with Crippen LogP contribution in [0.5, 0.6) is 0 Å². The van der Waals surface area contributed by atoms with Crippen molar-refractivity contribution in [1.82, 2.24) is 10.1 Å². The molecule has 2 aromatic heterocycles. The molecule has 3 aromatic rings. The van der Waals surface area contributed by atoms with Crippen LogP contribution in [0.4, 0.5) is 14.7 Å². The van der Waals surface area contributed by atoms with Gasteiger partial charge in [0.2, 0.25) is 5.88 Å². The van der Waals surface area contributed by atoms with E-state index in [4.69, 9.17) is 10.3 Å². The number of benzene rings is 1. The van der Waals surface area contributed by atoms with Crippen molar-refractivity contribution in [3.63, 3.8) is 0 Å². The van der Waals surface area contributed by atoms with Crippen LogP contribution in [0.25, 0.3) is 22.5 Å². The van der Waals surface area contributed by atoms with Crippen LogP contribution in [0.1, 0.15) is 0 Å². The van der Waals surface area contributed by atoms with Crippen molar-refractivity contribution < 1.29 is 13.3 Å². The molecule has 0 aliphatic carbocycles. The van der Waals surface area contributed by atoms with E-state index >= 15 is 0 Å². The quantitative estimate of drug-likeness (QED) is 0.778. The van der Waals surface area contributed by atoms with Gasteiger partial charge in [0, 0.05) is 6.20 Å². The summed E-state index contributed by atoms with van der Waals surface area (Å²) in [6.07, 6.45) is 1.54. The van der Waals surface area contributed by atoms with E-state index in [0.717, 1.165) is 12.1 Å². The summed E-state index contributed by atoms with van der Waals surface area (Å²) >= 11 is 0. The summed E-state index contributed by atoms with van der Waals surface area (Å²) in [6.45, 7) is 0. The summed E-state index contributed by atoms with van der Waals surface area (Å²) in [7, 11) is 0. The highest BCUT2D eigenvalue weighted by Gasteiger charge is 2.23. The number of hydrogen-bond donors (Lipinski definition) is 1. The topological polar surface area (TPSA) is 64.9 Å². The van der Waals surface area contributed by atoms with E-state index < -0.39 is 11.6 Å². The maximum atomic E-state index is 13.9. The van der Waals surface area contributed by atoms with Crippen molar-refractivity contribution in [3.05, 3.63) is 54.2 Å².